The number of anilines is 1. The number of hydrogen-bond donors (Lipinski definition) is 2. The van der Waals surface area contributed by atoms with Crippen molar-refractivity contribution in [1.29, 1.82) is 0 Å². The first kappa shape index (κ1) is 16.8. The highest BCUT2D eigenvalue weighted by molar-refractivity contribution is 6.02. The molecule has 0 atom stereocenters. The highest BCUT2D eigenvalue weighted by Gasteiger charge is 2.23. The van der Waals surface area contributed by atoms with Crippen LogP contribution in [-0.4, -0.2) is 17.9 Å². The van der Waals surface area contributed by atoms with Crippen LogP contribution in [0.25, 0.3) is 6.08 Å². The lowest BCUT2D eigenvalue weighted by atomic mass is 10.1. The Bertz CT molecular complexity index is 808. The molecule has 2 N–H and O–H groups in total. The Labute approximate surface area is 143 Å². The first-order chi connectivity index (χ1) is 12.0. The number of hydrogen-bond acceptors (Lipinski definition) is 2. The summed E-state index contributed by atoms with van der Waals surface area (Å²) in [4.78, 5) is 23.7. The van der Waals surface area contributed by atoms with E-state index < -0.39 is 17.5 Å². The first-order valence-corrected chi connectivity index (χ1v) is 7.86. The highest BCUT2D eigenvalue weighted by Crippen LogP contribution is 2.19. The molecule has 3 rings (SSSR count). The number of rotatable bonds is 5. The maximum absolute atomic E-state index is 13.1. The zero-order chi connectivity index (χ0) is 17.8. The SMILES string of the molecule is O=C(/C=C/c1ccc(C(=O)NC2CC2)cc1)Nc1cc(F)cc(F)c1. The second-order valence-corrected chi connectivity index (χ2v) is 5.85. The van der Waals surface area contributed by atoms with E-state index in [-0.39, 0.29) is 11.6 Å². The van der Waals surface area contributed by atoms with Gasteiger partial charge in [0.05, 0.1) is 0 Å². The second kappa shape index (κ2) is 7.25. The normalized spacial score (nSPS) is 13.7. The summed E-state index contributed by atoms with van der Waals surface area (Å²) in [7, 11) is 0. The largest absolute Gasteiger partial charge is 0.349 e. The van der Waals surface area contributed by atoms with Gasteiger partial charge in [-0.2, -0.15) is 0 Å². The molecule has 0 saturated heterocycles. The van der Waals surface area contributed by atoms with E-state index in [1.165, 1.54) is 6.08 Å². The van der Waals surface area contributed by atoms with Crippen molar-refractivity contribution in [2.75, 3.05) is 5.32 Å². The molecule has 2 aromatic carbocycles. The Kier molecular flexibility index (Phi) is 4.88. The van der Waals surface area contributed by atoms with Crippen LogP contribution in [0.2, 0.25) is 0 Å². The molecule has 0 unspecified atom stereocenters. The molecule has 4 nitrogen and oxygen atoms in total. The van der Waals surface area contributed by atoms with Crippen LogP contribution in [0.15, 0.2) is 48.5 Å². The van der Waals surface area contributed by atoms with Gasteiger partial charge in [-0.1, -0.05) is 12.1 Å². The van der Waals surface area contributed by atoms with E-state index in [2.05, 4.69) is 10.6 Å². The summed E-state index contributed by atoms with van der Waals surface area (Å²) in [6.07, 6.45) is 4.85. The van der Waals surface area contributed by atoms with Gasteiger partial charge in [0.25, 0.3) is 5.91 Å². The van der Waals surface area contributed by atoms with Crippen molar-refractivity contribution in [1.82, 2.24) is 5.32 Å². The molecule has 0 aliphatic heterocycles. The Morgan fingerprint density at radius 1 is 1.00 bits per heavy atom. The van der Waals surface area contributed by atoms with Gasteiger partial charge >= 0.3 is 0 Å². The minimum absolute atomic E-state index is 0.0410. The van der Waals surface area contributed by atoms with Crippen molar-refractivity contribution in [3.63, 3.8) is 0 Å². The Balaban J connectivity index is 1.58. The van der Waals surface area contributed by atoms with Crippen LogP contribution in [0.5, 0.6) is 0 Å². The monoisotopic (exact) mass is 342 g/mol. The van der Waals surface area contributed by atoms with Crippen LogP contribution in [0.1, 0.15) is 28.8 Å². The Morgan fingerprint density at radius 3 is 2.24 bits per heavy atom. The predicted molar refractivity (Wildman–Crippen MR) is 91.0 cm³/mol. The summed E-state index contributed by atoms with van der Waals surface area (Å²) >= 11 is 0. The quantitative estimate of drug-likeness (QED) is 0.817. The van der Waals surface area contributed by atoms with Crippen molar-refractivity contribution in [3.8, 4) is 0 Å². The average Bonchev–Trinajstić information content (AvgIpc) is 3.36. The van der Waals surface area contributed by atoms with E-state index in [9.17, 15) is 18.4 Å². The minimum atomic E-state index is -0.764. The molecule has 0 heterocycles. The maximum Gasteiger partial charge on any atom is 0.251 e. The lowest BCUT2D eigenvalue weighted by molar-refractivity contribution is -0.111. The van der Waals surface area contributed by atoms with Gasteiger partial charge in [0.1, 0.15) is 11.6 Å². The number of benzene rings is 2. The number of nitrogens with one attached hydrogen (secondary N) is 2. The average molecular weight is 342 g/mol. The molecule has 0 spiro atoms. The van der Waals surface area contributed by atoms with Crippen LogP contribution in [0, 0.1) is 11.6 Å². The predicted octanol–water partition coefficient (Wildman–Crippen LogP) is 3.51. The molecule has 2 amide bonds. The summed E-state index contributed by atoms with van der Waals surface area (Å²) in [5, 5.41) is 5.28. The summed E-state index contributed by atoms with van der Waals surface area (Å²) in [6, 6.07) is 9.87. The fourth-order valence-corrected chi connectivity index (χ4v) is 2.22. The first-order valence-electron chi connectivity index (χ1n) is 7.86. The van der Waals surface area contributed by atoms with Gasteiger partial charge in [0.15, 0.2) is 0 Å². The molecule has 1 saturated carbocycles. The van der Waals surface area contributed by atoms with Crippen LogP contribution >= 0.6 is 0 Å². The number of halogens is 2. The zero-order valence-corrected chi connectivity index (χ0v) is 13.3. The van der Waals surface area contributed by atoms with Crippen molar-refractivity contribution < 1.29 is 18.4 Å². The van der Waals surface area contributed by atoms with Crippen molar-refractivity contribution in [3.05, 3.63) is 71.3 Å². The number of carbonyl (C=O) groups excluding carboxylic acids is 2. The topological polar surface area (TPSA) is 58.2 Å². The molecular formula is C19H16F2N2O2. The van der Waals surface area contributed by atoms with Gasteiger partial charge in [-0.05, 0) is 48.7 Å². The summed E-state index contributed by atoms with van der Waals surface area (Å²) < 4.78 is 26.1. The zero-order valence-electron chi connectivity index (χ0n) is 13.3. The van der Waals surface area contributed by atoms with Gasteiger partial charge in [-0.25, -0.2) is 8.78 Å². The molecule has 25 heavy (non-hydrogen) atoms. The van der Waals surface area contributed by atoms with Gasteiger partial charge < -0.3 is 10.6 Å². The molecular weight excluding hydrogens is 326 g/mol. The van der Waals surface area contributed by atoms with Gasteiger partial charge in [-0.3, -0.25) is 9.59 Å². The summed E-state index contributed by atoms with van der Waals surface area (Å²) in [5.41, 5.74) is 1.33. The lowest BCUT2D eigenvalue weighted by Crippen LogP contribution is -2.25. The standard InChI is InChI=1S/C19H16F2N2O2/c20-14-9-15(21)11-17(10-14)22-18(24)8-3-12-1-4-13(5-2-12)19(25)23-16-6-7-16/h1-5,8-11,16H,6-7H2,(H,22,24)(H,23,25)/b8-3+. The molecule has 2 aromatic rings. The third-order valence-corrected chi connectivity index (χ3v) is 3.64. The molecule has 0 radical (unpaired) electrons. The summed E-state index contributed by atoms with van der Waals surface area (Å²) in [6.45, 7) is 0. The smallest absolute Gasteiger partial charge is 0.251 e. The molecule has 0 bridgehead atoms. The van der Waals surface area contributed by atoms with E-state index >= 15 is 0 Å². The van der Waals surface area contributed by atoms with E-state index in [0.29, 0.717) is 11.6 Å². The summed E-state index contributed by atoms with van der Waals surface area (Å²) in [5.74, 6) is -2.15. The minimum Gasteiger partial charge on any atom is -0.349 e. The molecule has 128 valence electrons. The van der Waals surface area contributed by atoms with Crippen LogP contribution in [0.3, 0.4) is 0 Å². The van der Waals surface area contributed by atoms with Crippen molar-refractivity contribution in [2.24, 2.45) is 0 Å². The Morgan fingerprint density at radius 2 is 1.64 bits per heavy atom. The molecule has 6 heteroatoms. The van der Waals surface area contributed by atoms with Crippen LogP contribution in [-0.2, 0) is 4.79 Å². The third-order valence-electron chi connectivity index (χ3n) is 3.64. The Hall–Kier alpha value is -3.02. The fourth-order valence-electron chi connectivity index (χ4n) is 2.22. The molecule has 0 aromatic heterocycles. The fraction of sp³-hybridized carbons (Fsp3) is 0.158. The van der Waals surface area contributed by atoms with Gasteiger partial charge in [-0.15, -0.1) is 0 Å². The molecule has 1 fully saturated rings. The van der Waals surface area contributed by atoms with E-state index in [4.69, 9.17) is 0 Å². The van der Waals surface area contributed by atoms with E-state index in [1.807, 2.05) is 0 Å². The van der Waals surface area contributed by atoms with Gasteiger partial charge in [0.2, 0.25) is 5.91 Å². The second-order valence-electron chi connectivity index (χ2n) is 5.85. The van der Waals surface area contributed by atoms with Crippen LogP contribution in [0.4, 0.5) is 14.5 Å². The van der Waals surface area contributed by atoms with Crippen molar-refractivity contribution >= 4 is 23.6 Å². The molecule has 1 aliphatic carbocycles. The highest BCUT2D eigenvalue weighted by atomic mass is 19.1. The number of carbonyl (C=O) groups is 2. The maximum atomic E-state index is 13.1. The lowest BCUT2D eigenvalue weighted by Gasteiger charge is -2.04. The molecule has 1 aliphatic rings. The van der Waals surface area contributed by atoms with E-state index in [1.54, 1.807) is 30.3 Å². The number of amides is 2. The van der Waals surface area contributed by atoms with Crippen LogP contribution < -0.4 is 10.6 Å². The van der Waals surface area contributed by atoms with Gasteiger partial charge in [0, 0.05) is 29.4 Å². The third kappa shape index (κ3) is 4.97. The van der Waals surface area contributed by atoms with Crippen molar-refractivity contribution in [2.45, 2.75) is 18.9 Å². The van der Waals surface area contributed by atoms with E-state index in [0.717, 1.165) is 36.6 Å².